The van der Waals surface area contributed by atoms with Crippen molar-refractivity contribution in [1.82, 2.24) is 19.3 Å². The highest BCUT2D eigenvalue weighted by Gasteiger charge is 2.17. The monoisotopic (exact) mass is 273 g/mol. The zero-order valence-electron chi connectivity index (χ0n) is 11.5. The van der Waals surface area contributed by atoms with Gasteiger partial charge in [0, 0.05) is 12.6 Å². The number of benzene rings is 1. The molecule has 0 bridgehead atoms. The van der Waals surface area contributed by atoms with Crippen LogP contribution in [0.25, 0.3) is 11.2 Å². The molecule has 0 aliphatic heterocycles. The number of hydrogen-bond acceptors (Lipinski definition) is 3. The Morgan fingerprint density at radius 2 is 2.05 bits per heavy atom. The average molecular weight is 273 g/mol. The van der Waals surface area contributed by atoms with E-state index >= 15 is 0 Å². The summed E-state index contributed by atoms with van der Waals surface area (Å²) in [5, 5.41) is 4.42. The van der Waals surface area contributed by atoms with Crippen LogP contribution in [0.4, 0.5) is 10.3 Å². The van der Waals surface area contributed by atoms with E-state index < -0.39 is 0 Å². The molecule has 5 nitrogen and oxygen atoms in total. The van der Waals surface area contributed by atoms with Gasteiger partial charge in [0.1, 0.15) is 11.3 Å². The van der Waals surface area contributed by atoms with Gasteiger partial charge in [-0.2, -0.15) is 5.10 Å². The van der Waals surface area contributed by atoms with Crippen LogP contribution in [0.3, 0.4) is 0 Å². The summed E-state index contributed by atoms with van der Waals surface area (Å²) < 4.78 is 17.3. The summed E-state index contributed by atoms with van der Waals surface area (Å²) in [4.78, 5) is 4.37. The molecule has 0 saturated carbocycles. The zero-order valence-corrected chi connectivity index (χ0v) is 11.5. The molecule has 0 radical (unpaired) electrons. The minimum atomic E-state index is -0.244. The normalized spacial score (nSPS) is 11.3. The number of aryl methyl sites for hydroxylation is 2. The Kier molecular flexibility index (Phi) is 2.93. The highest BCUT2D eigenvalue weighted by molar-refractivity contribution is 5.77. The molecule has 2 heterocycles. The lowest BCUT2D eigenvalue weighted by atomic mass is 10.2. The second-order valence-corrected chi connectivity index (χ2v) is 4.74. The molecule has 0 aliphatic rings. The van der Waals surface area contributed by atoms with Crippen molar-refractivity contribution >= 4 is 17.1 Å². The summed E-state index contributed by atoms with van der Waals surface area (Å²) in [5.41, 5.74) is 9.08. The molecule has 0 spiro atoms. The van der Waals surface area contributed by atoms with E-state index in [4.69, 9.17) is 5.73 Å². The van der Waals surface area contributed by atoms with Gasteiger partial charge in [-0.1, -0.05) is 25.1 Å². The van der Waals surface area contributed by atoms with Crippen LogP contribution in [-0.4, -0.2) is 19.3 Å². The van der Waals surface area contributed by atoms with Crippen LogP contribution >= 0.6 is 0 Å². The summed E-state index contributed by atoms with van der Waals surface area (Å²) in [6.07, 6.45) is 0.785. The molecule has 0 aliphatic carbocycles. The molecule has 6 heteroatoms. The standard InChI is InChI=1S/C14H16FN5/c1-3-11-12-13(19(2)18-11)20(14(16)17-12)8-9-6-4-5-7-10(9)15/h4-7H,3,8H2,1-2H3,(H2,16,17). The fourth-order valence-corrected chi connectivity index (χ4v) is 2.45. The minimum absolute atomic E-state index is 0.244. The van der Waals surface area contributed by atoms with Gasteiger partial charge >= 0.3 is 0 Å². The first-order valence-corrected chi connectivity index (χ1v) is 6.52. The third-order valence-corrected chi connectivity index (χ3v) is 3.44. The smallest absolute Gasteiger partial charge is 0.202 e. The van der Waals surface area contributed by atoms with E-state index in [0.29, 0.717) is 18.1 Å². The lowest BCUT2D eigenvalue weighted by molar-refractivity contribution is 0.600. The average Bonchev–Trinajstić information content (AvgIpc) is 2.91. The molecule has 0 unspecified atom stereocenters. The van der Waals surface area contributed by atoms with Crippen LogP contribution in [0.15, 0.2) is 24.3 Å². The number of halogens is 1. The van der Waals surface area contributed by atoms with E-state index in [0.717, 1.165) is 23.3 Å². The molecule has 2 aromatic heterocycles. The molecule has 3 aromatic rings. The van der Waals surface area contributed by atoms with E-state index in [9.17, 15) is 4.39 Å². The van der Waals surface area contributed by atoms with Crippen molar-refractivity contribution in [2.24, 2.45) is 7.05 Å². The number of nitrogens with two attached hydrogens (primary N) is 1. The van der Waals surface area contributed by atoms with Gasteiger partial charge in [-0.25, -0.2) is 9.37 Å². The number of nitrogen functional groups attached to an aromatic ring is 1. The molecule has 3 rings (SSSR count). The van der Waals surface area contributed by atoms with Crippen LogP contribution in [0.5, 0.6) is 0 Å². The van der Waals surface area contributed by atoms with E-state index in [2.05, 4.69) is 10.1 Å². The Labute approximate surface area is 115 Å². The molecule has 0 fully saturated rings. The van der Waals surface area contributed by atoms with Crippen LogP contribution in [0.1, 0.15) is 18.2 Å². The quantitative estimate of drug-likeness (QED) is 0.795. The van der Waals surface area contributed by atoms with Crippen LogP contribution < -0.4 is 5.73 Å². The van der Waals surface area contributed by atoms with Crippen molar-refractivity contribution < 1.29 is 4.39 Å². The van der Waals surface area contributed by atoms with E-state index in [1.807, 2.05) is 20.0 Å². The Morgan fingerprint density at radius 1 is 1.30 bits per heavy atom. The van der Waals surface area contributed by atoms with Gasteiger partial charge in [0.25, 0.3) is 0 Å². The number of fused-ring (bicyclic) bond motifs is 1. The Hall–Kier alpha value is -2.37. The number of nitrogens with zero attached hydrogens (tertiary/aromatic N) is 4. The van der Waals surface area contributed by atoms with Crippen LogP contribution in [0, 0.1) is 5.82 Å². The first-order chi connectivity index (χ1) is 9.61. The molecule has 104 valence electrons. The fraction of sp³-hybridized carbons (Fsp3) is 0.286. The minimum Gasteiger partial charge on any atom is -0.369 e. The van der Waals surface area contributed by atoms with Crippen molar-refractivity contribution in [3.8, 4) is 0 Å². The van der Waals surface area contributed by atoms with Crippen molar-refractivity contribution in [2.75, 3.05) is 5.73 Å². The van der Waals surface area contributed by atoms with Crippen molar-refractivity contribution in [3.63, 3.8) is 0 Å². The predicted molar refractivity (Wildman–Crippen MR) is 75.8 cm³/mol. The van der Waals surface area contributed by atoms with E-state index in [-0.39, 0.29) is 5.82 Å². The lowest BCUT2D eigenvalue weighted by Crippen LogP contribution is -2.09. The van der Waals surface area contributed by atoms with Gasteiger partial charge in [-0.3, -0.25) is 9.25 Å². The van der Waals surface area contributed by atoms with E-state index in [1.54, 1.807) is 21.4 Å². The topological polar surface area (TPSA) is 61.7 Å². The summed E-state index contributed by atoms with van der Waals surface area (Å²) >= 11 is 0. The molecule has 2 N–H and O–H groups in total. The lowest BCUT2D eigenvalue weighted by Gasteiger charge is -2.07. The van der Waals surface area contributed by atoms with Crippen molar-refractivity contribution in [2.45, 2.75) is 19.9 Å². The number of anilines is 1. The maximum atomic E-state index is 13.8. The maximum absolute atomic E-state index is 13.8. The van der Waals surface area contributed by atoms with Gasteiger partial charge in [-0.05, 0) is 12.5 Å². The molecule has 0 atom stereocenters. The first kappa shape index (κ1) is 12.7. The van der Waals surface area contributed by atoms with Gasteiger partial charge in [0.15, 0.2) is 5.65 Å². The summed E-state index contributed by atoms with van der Waals surface area (Å²) in [6.45, 7) is 2.37. The Balaban J connectivity index is 2.14. The zero-order chi connectivity index (χ0) is 14.3. The fourth-order valence-electron chi connectivity index (χ4n) is 2.45. The molecule has 20 heavy (non-hydrogen) atoms. The van der Waals surface area contributed by atoms with Gasteiger partial charge in [-0.15, -0.1) is 0 Å². The highest BCUT2D eigenvalue weighted by Crippen LogP contribution is 2.23. The molecular weight excluding hydrogens is 257 g/mol. The number of imidazole rings is 1. The summed E-state index contributed by atoms with van der Waals surface area (Å²) in [5.74, 6) is 0.137. The second kappa shape index (κ2) is 4.63. The van der Waals surface area contributed by atoms with Gasteiger partial charge < -0.3 is 5.73 Å². The van der Waals surface area contributed by atoms with Crippen molar-refractivity contribution in [1.29, 1.82) is 0 Å². The Morgan fingerprint density at radius 3 is 2.75 bits per heavy atom. The van der Waals surface area contributed by atoms with Crippen molar-refractivity contribution in [3.05, 3.63) is 41.3 Å². The largest absolute Gasteiger partial charge is 0.369 e. The van der Waals surface area contributed by atoms with Crippen LogP contribution in [0.2, 0.25) is 0 Å². The third kappa shape index (κ3) is 1.84. The summed E-state index contributed by atoms with van der Waals surface area (Å²) in [7, 11) is 1.85. The van der Waals surface area contributed by atoms with E-state index in [1.165, 1.54) is 6.07 Å². The third-order valence-electron chi connectivity index (χ3n) is 3.44. The molecule has 0 amide bonds. The highest BCUT2D eigenvalue weighted by atomic mass is 19.1. The predicted octanol–water partition coefficient (Wildman–Crippen LogP) is 2.10. The Bertz CT molecular complexity index is 771. The number of hydrogen-bond donors (Lipinski definition) is 1. The summed E-state index contributed by atoms with van der Waals surface area (Å²) in [6, 6.07) is 6.67. The molecular formula is C14H16FN5. The first-order valence-electron chi connectivity index (χ1n) is 6.52. The molecule has 0 saturated heterocycles. The van der Waals surface area contributed by atoms with Crippen LogP contribution in [-0.2, 0) is 20.0 Å². The van der Waals surface area contributed by atoms with Gasteiger partial charge in [0.2, 0.25) is 5.95 Å². The maximum Gasteiger partial charge on any atom is 0.202 e. The van der Waals surface area contributed by atoms with Gasteiger partial charge in [0.05, 0.1) is 12.2 Å². The molecule has 1 aromatic carbocycles. The second-order valence-electron chi connectivity index (χ2n) is 4.74. The number of rotatable bonds is 3. The number of aromatic nitrogens is 4. The SMILES string of the molecule is CCc1nn(C)c2c1nc(N)n2Cc1ccccc1F.